The second kappa shape index (κ2) is 4.63. The number of urea groups is 1. The molecule has 1 unspecified atom stereocenters. The van der Waals surface area contributed by atoms with Crippen LogP contribution in [0.15, 0.2) is 24.3 Å². The van der Waals surface area contributed by atoms with E-state index in [1.54, 1.807) is 36.1 Å². The Morgan fingerprint density at radius 1 is 1.10 bits per heavy atom. The first-order valence-electron chi connectivity index (χ1n) is 6.60. The molecule has 104 valence electrons. The van der Waals surface area contributed by atoms with Crippen molar-refractivity contribution in [1.82, 2.24) is 5.32 Å². The first-order chi connectivity index (χ1) is 9.58. The Hall–Kier alpha value is -2.37. The lowest BCUT2D eigenvalue weighted by atomic mass is 10.1. The summed E-state index contributed by atoms with van der Waals surface area (Å²) in [7, 11) is 0. The highest BCUT2D eigenvalue weighted by Crippen LogP contribution is 2.28. The normalized spacial score (nSPS) is 22.6. The minimum absolute atomic E-state index is 0.125. The van der Waals surface area contributed by atoms with Crippen LogP contribution in [0.4, 0.5) is 16.2 Å². The predicted octanol–water partition coefficient (Wildman–Crippen LogP) is 1.12. The van der Waals surface area contributed by atoms with Gasteiger partial charge in [-0.15, -0.1) is 0 Å². The Labute approximate surface area is 116 Å². The van der Waals surface area contributed by atoms with E-state index >= 15 is 0 Å². The van der Waals surface area contributed by atoms with E-state index in [0.717, 1.165) is 5.69 Å². The molecule has 6 nitrogen and oxygen atoms in total. The minimum atomic E-state index is -0.258. The zero-order valence-corrected chi connectivity index (χ0v) is 11.1. The Morgan fingerprint density at radius 2 is 1.75 bits per heavy atom. The topological polar surface area (TPSA) is 69.7 Å². The molecule has 1 N–H and O–H groups in total. The molecule has 3 rings (SSSR count). The SMILES string of the molecule is CC1CC(=O)N(c2ccc(N3CCNC3=O)cc2)C1=O. The maximum absolute atomic E-state index is 11.9. The number of carbonyl (C=O) groups excluding carboxylic acids is 3. The Morgan fingerprint density at radius 3 is 2.25 bits per heavy atom. The van der Waals surface area contributed by atoms with Crippen molar-refractivity contribution < 1.29 is 14.4 Å². The average molecular weight is 273 g/mol. The van der Waals surface area contributed by atoms with E-state index in [9.17, 15) is 14.4 Å². The standard InChI is InChI=1S/C14H15N3O3/c1-9-8-12(18)17(13(9)19)11-4-2-10(3-5-11)16-7-6-15-14(16)20/h2-5,9H,6-8H2,1H3,(H,15,20). The third kappa shape index (κ3) is 1.93. The molecule has 1 atom stereocenters. The first kappa shape index (κ1) is 12.7. The largest absolute Gasteiger partial charge is 0.336 e. The molecule has 4 amide bonds. The van der Waals surface area contributed by atoms with Gasteiger partial charge in [-0.25, -0.2) is 4.79 Å². The summed E-state index contributed by atoms with van der Waals surface area (Å²) in [5.74, 6) is -0.595. The van der Waals surface area contributed by atoms with Gasteiger partial charge in [0.2, 0.25) is 11.8 Å². The number of nitrogens with zero attached hydrogens (tertiary/aromatic N) is 2. The molecule has 1 aromatic rings. The number of imide groups is 1. The van der Waals surface area contributed by atoms with E-state index in [1.807, 2.05) is 0 Å². The molecule has 2 aliphatic rings. The van der Waals surface area contributed by atoms with E-state index in [-0.39, 0.29) is 30.2 Å². The van der Waals surface area contributed by atoms with Crippen molar-refractivity contribution in [3.8, 4) is 0 Å². The van der Waals surface area contributed by atoms with Gasteiger partial charge >= 0.3 is 6.03 Å². The smallest absolute Gasteiger partial charge is 0.321 e. The molecule has 2 saturated heterocycles. The molecule has 2 heterocycles. The summed E-state index contributed by atoms with van der Waals surface area (Å²) in [6.07, 6.45) is 0.259. The molecule has 20 heavy (non-hydrogen) atoms. The molecule has 0 bridgehead atoms. The van der Waals surface area contributed by atoms with Crippen LogP contribution in [0.25, 0.3) is 0 Å². The third-order valence-electron chi connectivity index (χ3n) is 3.65. The molecular weight excluding hydrogens is 258 g/mol. The van der Waals surface area contributed by atoms with Crippen LogP contribution in [0.3, 0.4) is 0 Å². The van der Waals surface area contributed by atoms with Crippen molar-refractivity contribution in [3.63, 3.8) is 0 Å². The number of nitrogens with one attached hydrogen (secondary N) is 1. The summed E-state index contributed by atoms with van der Waals surface area (Å²) < 4.78 is 0. The maximum Gasteiger partial charge on any atom is 0.321 e. The van der Waals surface area contributed by atoms with Crippen molar-refractivity contribution >= 4 is 29.2 Å². The molecule has 2 fully saturated rings. The quantitative estimate of drug-likeness (QED) is 0.821. The first-order valence-corrected chi connectivity index (χ1v) is 6.60. The molecular formula is C14H15N3O3. The van der Waals surface area contributed by atoms with Gasteiger partial charge in [0.1, 0.15) is 0 Å². The number of hydrogen-bond donors (Lipinski definition) is 1. The predicted molar refractivity (Wildman–Crippen MR) is 73.5 cm³/mol. The highest BCUT2D eigenvalue weighted by Gasteiger charge is 2.36. The van der Waals surface area contributed by atoms with Crippen molar-refractivity contribution in [2.45, 2.75) is 13.3 Å². The van der Waals surface area contributed by atoms with Crippen LogP contribution in [0, 0.1) is 5.92 Å². The van der Waals surface area contributed by atoms with Crippen LogP contribution >= 0.6 is 0 Å². The van der Waals surface area contributed by atoms with Gasteiger partial charge in [-0.2, -0.15) is 0 Å². The van der Waals surface area contributed by atoms with Crippen LogP contribution in [0.2, 0.25) is 0 Å². The lowest BCUT2D eigenvalue weighted by Gasteiger charge is -2.17. The summed E-state index contributed by atoms with van der Waals surface area (Å²) >= 11 is 0. The van der Waals surface area contributed by atoms with Crippen LogP contribution in [0.1, 0.15) is 13.3 Å². The van der Waals surface area contributed by atoms with Gasteiger partial charge in [0.05, 0.1) is 5.69 Å². The summed E-state index contributed by atoms with van der Waals surface area (Å²) in [4.78, 5) is 38.2. The molecule has 6 heteroatoms. The Balaban J connectivity index is 1.85. The zero-order valence-electron chi connectivity index (χ0n) is 11.1. The number of anilines is 2. The van der Waals surface area contributed by atoms with Crippen LogP contribution in [-0.4, -0.2) is 30.9 Å². The summed E-state index contributed by atoms with van der Waals surface area (Å²) in [5, 5.41) is 2.73. The van der Waals surface area contributed by atoms with Gasteiger partial charge in [-0.3, -0.25) is 19.4 Å². The summed E-state index contributed by atoms with van der Waals surface area (Å²) in [6, 6.07) is 6.79. The molecule has 0 spiro atoms. The average Bonchev–Trinajstić information content (AvgIpc) is 2.95. The fraction of sp³-hybridized carbons (Fsp3) is 0.357. The van der Waals surface area contributed by atoms with Gasteiger partial charge in [0, 0.05) is 31.1 Å². The van der Waals surface area contributed by atoms with Crippen LogP contribution in [0.5, 0.6) is 0 Å². The fourth-order valence-corrected chi connectivity index (χ4v) is 2.55. The molecule has 2 aliphatic heterocycles. The van der Waals surface area contributed by atoms with E-state index in [2.05, 4.69) is 5.32 Å². The number of rotatable bonds is 2. The zero-order chi connectivity index (χ0) is 14.3. The van der Waals surface area contributed by atoms with E-state index < -0.39 is 0 Å². The second-order valence-corrected chi connectivity index (χ2v) is 5.07. The van der Waals surface area contributed by atoms with Gasteiger partial charge in [0.25, 0.3) is 0 Å². The van der Waals surface area contributed by atoms with Gasteiger partial charge < -0.3 is 5.32 Å². The van der Waals surface area contributed by atoms with E-state index in [0.29, 0.717) is 18.8 Å². The Kier molecular flexibility index (Phi) is 2.93. The van der Waals surface area contributed by atoms with E-state index in [4.69, 9.17) is 0 Å². The Bertz CT molecular complexity index is 582. The van der Waals surface area contributed by atoms with E-state index in [1.165, 1.54) is 4.90 Å². The van der Waals surface area contributed by atoms with Crippen molar-refractivity contribution in [1.29, 1.82) is 0 Å². The number of carbonyl (C=O) groups is 3. The molecule has 0 saturated carbocycles. The number of amides is 4. The van der Waals surface area contributed by atoms with Crippen LogP contribution < -0.4 is 15.1 Å². The minimum Gasteiger partial charge on any atom is -0.336 e. The maximum atomic E-state index is 11.9. The van der Waals surface area contributed by atoms with Gasteiger partial charge in [-0.1, -0.05) is 6.92 Å². The summed E-state index contributed by atoms with van der Waals surface area (Å²) in [5.41, 5.74) is 1.32. The molecule has 1 aromatic carbocycles. The lowest BCUT2D eigenvalue weighted by molar-refractivity contribution is -0.122. The third-order valence-corrected chi connectivity index (χ3v) is 3.65. The van der Waals surface area contributed by atoms with Crippen molar-refractivity contribution in [2.24, 2.45) is 5.92 Å². The fourth-order valence-electron chi connectivity index (χ4n) is 2.55. The monoisotopic (exact) mass is 273 g/mol. The van der Waals surface area contributed by atoms with Crippen molar-refractivity contribution in [2.75, 3.05) is 22.9 Å². The highest BCUT2D eigenvalue weighted by molar-refractivity contribution is 6.20. The molecule has 0 aliphatic carbocycles. The number of hydrogen-bond acceptors (Lipinski definition) is 3. The van der Waals surface area contributed by atoms with Gasteiger partial charge in [0.15, 0.2) is 0 Å². The molecule has 0 aromatic heterocycles. The lowest BCUT2D eigenvalue weighted by Crippen LogP contribution is -2.30. The van der Waals surface area contributed by atoms with Gasteiger partial charge in [-0.05, 0) is 24.3 Å². The highest BCUT2D eigenvalue weighted by atomic mass is 16.2. The summed E-state index contributed by atoms with van der Waals surface area (Å²) in [6.45, 7) is 3.00. The van der Waals surface area contributed by atoms with Crippen LogP contribution in [-0.2, 0) is 9.59 Å². The molecule has 0 radical (unpaired) electrons. The number of benzene rings is 1. The van der Waals surface area contributed by atoms with Crippen molar-refractivity contribution in [3.05, 3.63) is 24.3 Å². The second-order valence-electron chi connectivity index (χ2n) is 5.07.